The van der Waals surface area contributed by atoms with E-state index in [1.807, 2.05) is 55.5 Å². The number of ether oxygens (including phenoxy) is 2. The molecule has 0 spiro atoms. The third-order valence-corrected chi connectivity index (χ3v) is 7.18. The van der Waals surface area contributed by atoms with E-state index in [1.54, 1.807) is 19.2 Å². The van der Waals surface area contributed by atoms with E-state index in [-0.39, 0.29) is 30.1 Å². The fraction of sp³-hybridized carbons (Fsp3) is 0.333. The van der Waals surface area contributed by atoms with Crippen LogP contribution in [0.25, 0.3) is 11.1 Å². The van der Waals surface area contributed by atoms with Crippen molar-refractivity contribution < 1.29 is 19.1 Å². The molecule has 5 rings (SSSR count). The molecule has 2 saturated heterocycles. The molecule has 3 aromatic carbocycles. The summed E-state index contributed by atoms with van der Waals surface area (Å²) >= 11 is 0. The Labute approximate surface area is 217 Å². The fourth-order valence-electron chi connectivity index (χ4n) is 5.06. The maximum absolute atomic E-state index is 13.2. The third-order valence-electron chi connectivity index (χ3n) is 7.18. The number of carbonyl (C=O) groups excluding carboxylic acids is 2. The van der Waals surface area contributed by atoms with Gasteiger partial charge in [0.05, 0.1) is 24.9 Å². The van der Waals surface area contributed by atoms with Crippen LogP contribution in [0, 0.1) is 0 Å². The average molecular weight is 500 g/mol. The lowest BCUT2D eigenvalue weighted by Gasteiger charge is -2.35. The maximum Gasteiger partial charge on any atom is 0.255 e. The number of hydrogen-bond acceptors (Lipinski definition) is 5. The summed E-state index contributed by atoms with van der Waals surface area (Å²) in [4.78, 5) is 28.4. The predicted molar refractivity (Wildman–Crippen MR) is 145 cm³/mol. The summed E-state index contributed by atoms with van der Waals surface area (Å²) in [6.07, 6.45) is 2.54. The largest absolute Gasteiger partial charge is 0.380 e. The lowest BCUT2D eigenvalue weighted by Crippen LogP contribution is -2.51. The minimum Gasteiger partial charge on any atom is -0.380 e. The second-order valence-electron chi connectivity index (χ2n) is 9.78. The Morgan fingerprint density at radius 2 is 1.62 bits per heavy atom. The third kappa shape index (κ3) is 5.91. The van der Waals surface area contributed by atoms with E-state index in [9.17, 15) is 9.59 Å². The van der Waals surface area contributed by atoms with Crippen molar-refractivity contribution in [2.24, 2.45) is 0 Å². The molecule has 3 atom stereocenters. The molecule has 2 fully saturated rings. The smallest absolute Gasteiger partial charge is 0.255 e. The summed E-state index contributed by atoms with van der Waals surface area (Å²) in [5.41, 5.74) is 4.75. The van der Waals surface area contributed by atoms with Gasteiger partial charge in [0.15, 0.2) is 0 Å². The SMILES string of the molecule is COCc1ccc(C(=O)Nc2ccc(-c3ccccc3)cc2)cc1NC(=O)[C@H](C)N1CC2CCC(C1)O2. The molecule has 0 saturated carbocycles. The number of fused-ring (bicyclic) bond motifs is 2. The molecule has 2 N–H and O–H groups in total. The zero-order chi connectivity index (χ0) is 25.8. The molecule has 2 aliphatic rings. The summed E-state index contributed by atoms with van der Waals surface area (Å²) < 4.78 is 11.2. The summed E-state index contributed by atoms with van der Waals surface area (Å²) in [7, 11) is 1.61. The number of amides is 2. The standard InChI is InChI=1S/C30H33N3O4/c1-20(33-17-26-14-15-27(18-33)37-26)29(34)32-28-16-23(8-9-24(28)19-36-2)30(35)31-25-12-10-22(11-13-25)21-6-4-3-5-7-21/h3-13,16,20,26-27H,14-15,17-19H2,1-2H3,(H,31,35)(H,32,34)/t20-,26?,27?/m0/s1. The van der Waals surface area contributed by atoms with E-state index in [4.69, 9.17) is 9.47 Å². The van der Waals surface area contributed by atoms with E-state index in [0.29, 0.717) is 23.5 Å². The molecule has 0 aromatic heterocycles. The minimum atomic E-state index is -0.303. The number of anilines is 2. The van der Waals surface area contributed by atoms with Gasteiger partial charge in [-0.25, -0.2) is 0 Å². The summed E-state index contributed by atoms with van der Waals surface area (Å²) in [6, 6.07) is 22.8. The lowest BCUT2D eigenvalue weighted by atomic mass is 10.1. The molecule has 2 bridgehead atoms. The average Bonchev–Trinajstić information content (AvgIpc) is 3.27. The Bertz CT molecular complexity index is 1230. The first-order valence-electron chi connectivity index (χ1n) is 12.8. The van der Waals surface area contributed by atoms with Crippen LogP contribution in [0.2, 0.25) is 0 Å². The van der Waals surface area contributed by atoms with Gasteiger partial charge < -0.3 is 20.1 Å². The molecule has 2 unspecified atom stereocenters. The molecule has 7 heteroatoms. The van der Waals surface area contributed by atoms with Gasteiger partial charge in [-0.05, 0) is 55.2 Å². The summed E-state index contributed by atoms with van der Waals surface area (Å²) in [5.74, 6) is -0.350. The first-order chi connectivity index (χ1) is 18.0. The molecule has 2 amide bonds. The van der Waals surface area contributed by atoms with Gasteiger partial charge in [0, 0.05) is 42.7 Å². The second-order valence-corrected chi connectivity index (χ2v) is 9.78. The van der Waals surface area contributed by atoms with Crippen molar-refractivity contribution in [3.05, 3.63) is 83.9 Å². The number of rotatable bonds is 8. The number of benzene rings is 3. The zero-order valence-electron chi connectivity index (χ0n) is 21.3. The van der Waals surface area contributed by atoms with Crippen molar-refractivity contribution in [2.75, 3.05) is 30.8 Å². The van der Waals surface area contributed by atoms with Gasteiger partial charge in [-0.1, -0.05) is 48.5 Å². The Hall–Kier alpha value is -3.52. The molecule has 0 aliphatic carbocycles. The molecular weight excluding hydrogens is 466 g/mol. The van der Waals surface area contributed by atoms with Crippen molar-refractivity contribution in [3.8, 4) is 11.1 Å². The van der Waals surface area contributed by atoms with Crippen LogP contribution in [0.5, 0.6) is 0 Å². The van der Waals surface area contributed by atoms with Gasteiger partial charge in [-0.2, -0.15) is 0 Å². The normalized spacial score (nSPS) is 19.8. The topological polar surface area (TPSA) is 79.9 Å². The van der Waals surface area contributed by atoms with Gasteiger partial charge in [-0.15, -0.1) is 0 Å². The van der Waals surface area contributed by atoms with Crippen LogP contribution in [0.3, 0.4) is 0 Å². The zero-order valence-corrected chi connectivity index (χ0v) is 21.3. The summed E-state index contributed by atoms with van der Waals surface area (Å²) in [5, 5.41) is 6.00. The van der Waals surface area contributed by atoms with Crippen molar-refractivity contribution in [1.82, 2.24) is 4.90 Å². The Balaban J connectivity index is 1.27. The summed E-state index contributed by atoms with van der Waals surface area (Å²) in [6.45, 7) is 3.78. The van der Waals surface area contributed by atoms with E-state index in [2.05, 4.69) is 27.7 Å². The highest BCUT2D eigenvalue weighted by Crippen LogP contribution is 2.28. The molecule has 0 radical (unpaired) electrons. The predicted octanol–water partition coefficient (Wildman–Crippen LogP) is 4.94. The molecule has 192 valence electrons. The van der Waals surface area contributed by atoms with E-state index < -0.39 is 0 Å². The van der Waals surface area contributed by atoms with Crippen molar-refractivity contribution in [2.45, 2.75) is 44.6 Å². The number of morpholine rings is 1. The van der Waals surface area contributed by atoms with Crippen LogP contribution in [0.4, 0.5) is 11.4 Å². The first-order valence-corrected chi connectivity index (χ1v) is 12.8. The number of nitrogens with one attached hydrogen (secondary N) is 2. The van der Waals surface area contributed by atoms with Gasteiger partial charge in [0.1, 0.15) is 0 Å². The van der Waals surface area contributed by atoms with Crippen LogP contribution in [0.15, 0.2) is 72.8 Å². The highest BCUT2D eigenvalue weighted by atomic mass is 16.5. The van der Waals surface area contributed by atoms with Crippen molar-refractivity contribution in [1.29, 1.82) is 0 Å². The van der Waals surface area contributed by atoms with E-state index in [1.165, 1.54) is 0 Å². The monoisotopic (exact) mass is 499 g/mol. The highest BCUT2D eigenvalue weighted by Gasteiger charge is 2.37. The molecule has 37 heavy (non-hydrogen) atoms. The van der Waals surface area contributed by atoms with Crippen molar-refractivity contribution in [3.63, 3.8) is 0 Å². The number of hydrogen-bond donors (Lipinski definition) is 2. The van der Waals surface area contributed by atoms with Gasteiger partial charge in [0.25, 0.3) is 5.91 Å². The van der Waals surface area contributed by atoms with Crippen LogP contribution < -0.4 is 10.6 Å². The lowest BCUT2D eigenvalue weighted by molar-refractivity contribution is -0.124. The Morgan fingerprint density at radius 1 is 0.946 bits per heavy atom. The Morgan fingerprint density at radius 3 is 2.30 bits per heavy atom. The minimum absolute atomic E-state index is 0.104. The molecule has 3 aromatic rings. The van der Waals surface area contributed by atoms with Crippen LogP contribution >= 0.6 is 0 Å². The number of nitrogens with zero attached hydrogens (tertiary/aromatic N) is 1. The highest BCUT2D eigenvalue weighted by molar-refractivity contribution is 6.06. The Kier molecular flexibility index (Phi) is 7.65. The fourth-order valence-corrected chi connectivity index (χ4v) is 5.06. The number of likely N-dealkylation sites (tertiary alicyclic amines) is 1. The maximum atomic E-state index is 13.2. The van der Waals surface area contributed by atoms with Crippen LogP contribution in [-0.4, -0.2) is 55.2 Å². The molecule has 7 nitrogen and oxygen atoms in total. The van der Waals surface area contributed by atoms with Crippen molar-refractivity contribution >= 4 is 23.2 Å². The van der Waals surface area contributed by atoms with E-state index >= 15 is 0 Å². The molecule has 2 heterocycles. The number of carbonyl (C=O) groups is 2. The first kappa shape index (κ1) is 25.1. The molecular formula is C30H33N3O4. The van der Waals surface area contributed by atoms with Gasteiger partial charge in [0.2, 0.25) is 5.91 Å². The van der Waals surface area contributed by atoms with Gasteiger partial charge >= 0.3 is 0 Å². The van der Waals surface area contributed by atoms with Crippen LogP contribution in [0.1, 0.15) is 35.7 Å². The molecule has 2 aliphatic heterocycles. The second kappa shape index (κ2) is 11.3. The number of methoxy groups -OCH3 is 1. The van der Waals surface area contributed by atoms with Crippen LogP contribution in [-0.2, 0) is 20.9 Å². The van der Waals surface area contributed by atoms with E-state index in [0.717, 1.165) is 42.6 Å². The quantitative estimate of drug-likeness (QED) is 0.459. The van der Waals surface area contributed by atoms with Gasteiger partial charge in [-0.3, -0.25) is 14.5 Å².